The van der Waals surface area contributed by atoms with Gasteiger partial charge in [0.15, 0.2) is 0 Å². The summed E-state index contributed by atoms with van der Waals surface area (Å²) < 4.78 is 14.3. The van der Waals surface area contributed by atoms with Crippen molar-refractivity contribution in [2.75, 3.05) is 5.32 Å². The molecule has 3 rings (SSSR count). The maximum Gasteiger partial charge on any atom is 0.221 e. The van der Waals surface area contributed by atoms with Crippen molar-refractivity contribution in [2.45, 2.75) is 44.9 Å². The monoisotopic (exact) mass is 318 g/mol. The fraction of sp³-hybridized carbons (Fsp3) is 0.412. The highest BCUT2D eigenvalue weighted by molar-refractivity contribution is 7.15. The van der Waals surface area contributed by atoms with Crippen LogP contribution in [0, 0.1) is 5.82 Å². The first kappa shape index (κ1) is 15.2. The van der Waals surface area contributed by atoms with E-state index in [-0.39, 0.29) is 11.7 Å². The average Bonchev–Trinajstić information content (AvgIpc) is 2.97. The number of thiazole rings is 1. The van der Waals surface area contributed by atoms with E-state index in [2.05, 4.69) is 10.3 Å². The Kier molecular flexibility index (Phi) is 4.52. The van der Waals surface area contributed by atoms with Gasteiger partial charge in [-0.15, -0.1) is 11.3 Å². The van der Waals surface area contributed by atoms with Crippen LogP contribution in [-0.4, -0.2) is 10.9 Å². The molecule has 0 bridgehead atoms. The van der Waals surface area contributed by atoms with Crippen molar-refractivity contribution in [3.05, 3.63) is 35.2 Å². The van der Waals surface area contributed by atoms with Gasteiger partial charge in [0.1, 0.15) is 5.82 Å². The number of carbonyl (C=O) groups excluding carboxylic acids is 1. The third-order valence-electron chi connectivity index (χ3n) is 4.03. The van der Waals surface area contributed by atoms with Gasteiger partial charge in [-0.05, 0) is 31.0 Å². The molecule has 1 N–H and O–H groups in total. The van der Waals surface area contributed by atoms with Crippen LogP contribution < -0.4 is 5.32 Å². The van der Waals surface area contributed by atoms with E-state index in [4.69, 9.17) is 0 Å². The van der Waals surface area contributed by atoms with E-state index in [0.717, 1.165) is 9.88 Å². The summed E-state index contributed by atoms with van der Waals surface area (Å²) in [5.74, 6) is 0.00355. The van der Waals surface area contributed by atoms with Crippen molar-refractivity contribution in [1.29, 1.82) is 0 Å². The number of hydrogen-bond donors (Lipinski definition) is 1. The highest BCUT2D eigenvalue weighted by Crippen LogP contribution is 2.38. The minimum absolute atomic E-state index is 0.204. The van der Waals surface area contributed by atoms with Crippen molar-refractivity contribution >= 4 is 22.9 Å². The van der Waals surface area contributed by atoms with E-state index in [0.29, 0.717) is 17.2 Å². The average molecular weight is 318 g/mol. The lowest BCUT2D eigenvalue weighted by Crippen LogP contribution is -2.05. The van der Waals surface area contributed by atoms with Crippen LogP contribution in [-0.2, 0) is 4.79 Å². The van der Waals surface area contributed by atoms with Gasteiger partial charge >= 0.3 is 0 Å². The lowest BCUT2D eigenvalue weighted by Gasteiger charge is -2.18. The van der Waals surface area contributed by atoms with Crippen molar-refractivity contribution in [2.24, 2.45) is 0 Å². The topological polar surface area (TPSA) is 42.0 Å². The fourth-order valence-corrected chi connectivity index (χ4v) is 4.06. The number of aromatic nitrogens is 1. The van der Waals surface area contributed by atoms with Crippen LogP contribution in [0.15, 0.2) is 24.4 Å². The number of nitrogens with zero attached hydrogens (tertiary/aromatic N) is 1. The predicted molar refractivity (Wildman–Crippen MR) is 87.6 cm³/mol. The highest BCUT2D eigenvalue weighted by atomic mass is 32.1. The number of benzene rings is 1. The first-order valence-corrected chi connectivity index (χ1v) is 8.48. The number of amides is 1. The molecule has 1 aliphatic carbocycles. The number of carbonyl (C=O) groups is 1. The summed E-state index contributed by atoms with van der Waals surface area (Å²) in [6, 6.07) is 4.79. The highest BCUT2D eigenvalue weighted by Gasteiger charge is 2.19. The molecule has 1 saturated carbocycles. The Labute approximate surface area is 133 Å². The van der Waals surface area contributed by atoms with Crippen LogP contribution in [0.5, 0.6) is 0 Å². The van der Waals surface area contributed by atoms with Gasteiger partial charge < -0.3 is 5.32 Å². The number of rotatable bonds is 3. The molecule has 22 heavy (non-hydrogen) atoms. The summed E-state index contributed by atoms with van der Waals surface area (Å²) in [5.41, 5.74) is 1.03. The maximum atomic E-state index is 14.3. The van der Waals surface area contributed by atoms with Crippen LogP contribution >= 0.6 is 11.3 Å². The minimum Gasteiger partial charge on any atom is -0.326 e. The summed E-state index contributed by atoms with van der Waals surface area (Å²) in [7, 11) is 0. The predicted octanol–water partition coefficient (Wildman–Crippen LogP) is 4.96. The van der Waals surface area contributed by atoms with E-state index in [1.54, 1.807) is 29.7 Å². The summed E-state index contributed by atoms with van der Waals surface area (Å²) in [6.45, 7) is 1.41. The smallest absolute Gasteiger partial charge is 0.221 e. The standard InChI is InChI=1S/C17H19FN2OS/c1-11(21)20-13-7-8-14(15(18)9-13)16-10-19-17(22-16)12-5-3-2-4-6-12/h7-10,12H,2-6H2,1H3,(H,20,21). The second-order valence-electron chi connectivity index (χ2n) is 5.77. The third-order valence-corrected chi connectivity index (χ3v) is 5.23. The van der Waals surface area contributed by atoms with E-state index >= 15 is 0 Å². The van der Waals surface area contributed by atoms with Crippen molar-refractivity contribution in [3.63, 3.8) is 0 Å². The van der Waals surface area contributed by atoms with E-state index in [1.807, 2.05) is 0 Å². The Bertz CT molecular complexity index is 677. The van der Waals surface area contributed by atoms with Gasteiger partial charge in [-0.2, -0.15) is 0 Å². The fourth-order valence-electron chi connectivity index (χ4n) is 2.95. The van der Waals surface area contributed by atoms with Gasteiger partial charge in [0.2, 0.25) is 5.91 Å². The van der Waals surface area contributed by atoms with E-state index < -0.39 is 0 Å². The molecule has 3 nitrogen and oxygen atoms in total. The van der Waals surface area contributed by atoms with Gasteiger partial charge in [0, 0.05) is 30.3 Å². The van der Waals surface area contributed by atoms with Gasteiger partial charge in [-0.1, -0.05) is 19.3 Å². The minimum atomic E-state index is -0.329. The molecule has 0 saturated heterocycles. The molecule has 2 aromatic rings. The zero-order chi connectivity index (χ0) is 15.5. The Balaban J connectivity index is 1.82. The summed E-state index contributed by atoms with van der Waals surface area (Å²) in [6.07, 6.45) is 7.99. The molecule has 1 aromatic carbocycles. The van der Waals surface area contributed by atoms with Crippen molar-refractivity contribution in [3.8, 4) is 10.4 Å². The van der Waals surface area contributed by atoms with Crippen LogP contribution in [0.3, 0.4) is 0 Å². The second-order valence-corrected chi connectivity index (χ2v) is 6.84. The number of hydrogen-bond acceptors (Lipinski definition) is 3. The SMILES string of the molecule is CC(=O)Nc1ccc(-c2cnc(C3CCCCC3)s2)c(F)c1. The van der Waals surface area contributed by atoms with Crippen molar-refractivity contribution < 1.29 is 9.18 Å². The Morgan fingerprint density at radius 2 is 2.09 bits per heavy atom. The molecule has 0 radical (unpaired) electrons. The Morgan fingerprint density at radius 1 is 1.32 bits per heavy atom. The summed E-state index contributed by atoms with van der Waals surface area (Å²) >= 11 is 1.59. The molecule has 0 unspecified atom stereocenters. The van der Waals surface area contributed by atoms with E-state index in [1.165, 1.54) is 45.1 Å². The van der Waals surface area contributed by atoms with Crippen LogP contribution in [0.25, 0.3) is 10.4 Å². The number of anilines is 1. The summed E-state index contributed by atoms with van der Waals surface area (Å²) in [4.78, 5) is 16.4. The molecule has 0 aliphatic heterocycles. The molecular formula is C17H19FN2OS. The van der Waals surface area contributed by atoms with Crippen LogP contribution in [0.4, 0.5) is 10.1 Å². The first-order valence-electron chi connectivity index (χ1n) is 7.67. The zero-order valence-electron chi connectivity index (χ0n) is 12.6. The van der Waals surface area contributed by atoms with Crippen LogP contribution in [0.1, 0.15) is 50.0 Å². The third kappa shape index (κ3) is 3.35. The molecule has 1 aliphatic rings. The van der Waals surface area contributed by atoms with Gasteiger partial charge in [-0.25, -0.2) is 9.37 Å². The number of nitrogens with one attached hydrogen (secondary N) is 1. The van der Waals surface area contributed by atoms with Crippen LogP contribution in [0.2, 0.25) is 0 Å². The quantitative estimate of drug-likeness (QED) is 0.869. The zero-order valence-corrected chi connectivity index (χ0v) is 13.4. The summed E-state index contributed by atoms with van der Waals surface area (Å²) in [5, 5.41) is 3.72. The van der Waals surface area contributed by atoms with Gasteiger partial charge in [-0.3, -0.25) is 4.79 Å². The molecule has 5 heteroatoms. The molecule has 1 amide bonds. The number of halogens is 1. The largest absolute Gasteiger partial charge is 0.326 e. The Morgan fingerprint density at radius 3 is 2.77 bits per heavy atom. The second kappa shape index (κ2) is 6.57. The molecule has 1 heterocycles. The van der Waals surface area contributed by atoms with Gasteiger partial charge in [0.25, 0.3) is 0 Å². The van der Waals surface area contributed by atoms with Gasteiger partial charge in [0.05, 0.1) is 9.88 Å². The van der Waals surface area contributed by atoms with Crippen molar-refractivity contribution in [1.82, 2.24) is 4.98 Å². The molecule has 0 spiro atoms. The normalized spacial score (nSPS) is 15.7. The lowest BCUT2D eigenvalue weighted by atomic mass is 9.90. The molecule has 0 atom stereocenters. The maximum absolute atomic E-state index is 14.3. The molecule has 116 valence electrons. The Hall–Kier alpha value is -1.75. The lowest BCUT2D eigenvalue weighted by molar-refractivity contribution is -0.114. The van der Waals surface area contributed by atoms with E-state index in [9.17, 15) is 9.18 Å². The molecule has 1 aromatic heterocycles. The molecule has 1 fully saturated rings. The first-order chi connectivity index (χ1) is 10.6. The molecular weight excluding hydrogens is 299 g/mol.